The molecule has 36 heavy (non-hydrogen) atoms. The first-order valence-corrected chi connectivity index (χ1v) is 12.7. The van der Waals surface area contributed by atoms with E-state index in [1.807, 2.05) is 44.5 Å². The summed E-state index contributed by atoms with van der Waals surface area (Å²) in [4.78, 5) is 37.9. The Morgan fingerprint density at radius 2 is 1.81 bits per heavy atom. The summed E-state index contributed by atoms with van der Waals surface area (Å²) < 4.78 is 17.4. The summed E-state index contributed by atoms with van der Waals surface area (Å²) in [5.41, 5.74) is -0.667. The number of hydrogen-bond acceptors (Lipinski definition) is 8. The van der Waals surface area contributed by atoms with Gasteiger partial charge in [-0.15, -0.1) is 0 Å². The number of ether oxygens (including phenoxy) is 1. The van der Waals surface area contributed by atoms with Gasteiger partial charge in [0, 0.05) is 44.5 Å². The van der Waals surface area contributed by atoms with Crippen LogP contribution in [0.1, 0.15) is 68.2 Å². The number of nitrogens with one attached hydrogen (secondary N) is 1. The zero-order chi connectivity index (χ0) is 26.9. The number of carbonyl (C=O) groups excluding carboxylic acids is 2. The number of amides is 2. The highest BCUT2D eigenvalue weighted by molar-refractivity contribution is 6.61. The van der Waals surface area contributed by atoms with E-state index in [9.17, 15) is 9.59 Å². The van der Waals surface area contributed by atoms with Crippen LogP contribution in [-0.2, 0) is 18.8 Å². The lowest BCUT2D eigenvalue weighted by Gasteiger charge is -2.36. The second kappa shape index (κ2) is 10.5. The third kappa shape index (κ3) is 6.88. The van der Waals surface area contributed by atoms with Gasteiger partial charge in [0.25, 0.3) is 0 Å². The first-order valence-electron chi connectivity index (χ1n) is 12.7. The normalized spacial score (nSPS) is 22.2. The molecular formula is C25H42BN5O5. The van der Waals surface area contributed by atoms with E-state index in [4.69, 9.17) is 14.0 Å². The average Bonchev–Trinajstić information content (AvgIpc) is 2.99. The number of nitrogens with zero attached hydrogens (tertiary/aromatic N) is 4. The van der Waals surface area contributed by atoms with Crippen molar-refractivity contribution in [3.8, 4) is 0 Å². The zero-order valence-electron chi connectivity index (χ0n) is 23.3. The molecule has 2 unspecified atom stereocenters. The van der Waals surface area contributed by atoms with Gasteiger partial charge in [-0.1, -0.05) is 0 Å². The van der Waals surface area contributed by atoms with Crippen molar-refractivity contribution in [2.24, 2.45) is 5.92 Å². The van der Waals surface area contributed by atoms with Gasteiger partial charge in [-0.05, 0) is 74.1 Å². The molecule has 0 bridgehead atoms. The molecule has 3 heterocycles. The molecule has 0 saturated carbocycles. The molecule has 11 heteroatoms. The third-order valence-electron chi connectivity index (χ3n) is 6.99. The Morgan fingerprint density at radius 1 is 1.22 bits per heavy atom. The first kappa shape index (κ1) is 28.2. The fourth-order valence-corrected chi connectivity index (χ4v) is 4.33. The first-order chi connectivity index (χ1) is 16.6. The van der Waals surface area contributed by atoms with Gasteiger partial charge < -0.3 is 29.2 Å². The molecule has 10 nitrogen and oxygen atoms in total. The molecule has 200 valence electrons. The number of alkyl carbamates (subject to hydrolysis) is 1. The van der Waals surface area contributed by atoms with Gasteiger partial charge in [-0.25, -0.2) is 14.8 Å². The van der Waals surface area contributed by atoms with Crippen LogP contribution in [-0.4, -0.2) is 83.5 Å². The van der Waals surface area contributed by atoms with Crippen LogP contribution < -0.4 is 15.7 Å². The summed E-state index contributed by atoms with van der Waals surface area (Å²) in [6, 6.07) is -0.651. The second-order valence-electron chi connectivity index (χ2n) is 11.9. The van der Waals surface area contributed by atoms with Crippen LogP contribution in [0.15, 0.2) is 12.4 Å². The molecule has 3 rings (SSSR count). The van der Waals surface area contributed by atoms with Crippen molar-refractivity contribution in [2.75, 3.05) is 31.6 Å². The highest BCUT2D eigenvalue weighted by Crippen LogP contribution is 2.36. The number of likely N-dealkylation sites (tertiary alicyclic amines) is 1. The van der Waals surface area contributed by atoms with Crippen LogP contribution in [0.25, 0.3) is 0 Å². The fourth-order valence-electron chi connectivity index (χ4n) is 4.33. The number of rotatable bonds is 6. The standard InChI is InChI=1S/C25H42BN5O5/c1-17(29-22(33)34-23(2,3)4)20(32)31-12-10-11-18(16-31)15-30(9)21-27-13-19(14-28-21)26-35-24(5,6)25(7,8)36-26/h13-14,17-18H,10-12,15-16H2,1-9H3,(H,29,33). The lowest BCUT2D eigenvalue weighted by atomic mass is 9.81. The minimum Gasteiger partial charge on any atom is -0.444 e. The SMILES string of the molecule is CC(NC(=O)OC(C)(C)C)C(=O)N1CCCC(CN(C)c2ncc(B3OC(C)(C)C(C)(C)O3)cn2)C1. The smallest absolute Gasteiger partial charge is 0.444 e. The molecule has 0 aromatic carbocycles. The average molecular weight is 503 g/mol. The van der Waals surface area contributed by atoms with Gasteiger partial charge in [0.15, 0.2) is 0 Å². The van der Waals surface area contributed by atoms with Crippen LogP contribution in [0.5, 0.6) is 0 Å². The third-order valence-corrected chi connectivity index (χ3v) is 6.99. The van der Waals surface area contributed by atoms with E-state index in [0.29, 0.717) is 25.6 Å². The molecule has 1 aromatic rings. The summed E-state index contributed by atoms with van der Waals surface area (Å²) in [5, 5.41) is 2.65. The molecule has 1 aromatic heterocycles. The van der Waals surface area contributed by atoms with E-state index in [-0.39, 0.29) is 11.8 Å². The maximum absolute atomic E-state index is 12.9. The molecule has 2 aliphatic heterocycles. The largest absolute Gasteiger partial charge is 0.498 e. The molecular weight excluding hydrogens is 461 g/mol. The topological polar surface area (TPSA) is 106 Å². The molecule has 2 fully saturated rings. The Hall–Kier alpha value is -2.40. The highest BCUT2D eigenvalue weighted by atomic mass is 16.7. The number of aromatic nitrogens is 2. The summed E-state index contributed by atoms with van der Waals surface area (Å²) in [7, 11) is 1.46. The number of piperidine rings is 1. The van der Waals surface area contributed by atoms with E-state index in [2.05, 4.69) is 15.3 Å². The maximum Gasteiger partial charge on any atom is 0.498 e. The van der Waals surface area contributed by atoms with Gasteiger partial charge in [0.1, 0.15) is 11.6 Å². The fraction of sp³-hybridized carbons (Fsp3) is 0.760. The number of hydrogen-bond donors (Lipinski definition) is 1. The van der Waals surface area contributed by atoms with E-state index in [0.717, 1.165) is 18.3 Å². The quantitative estimate of drug-likeness (QED) is 0.590. The highest BCUT2D eigenvalue weighted by Gasteiger charge is 2.52. The molecule has 1 N–H and O–H groups in total. The van der Waals surface area contributed by atoms with Crippen LogP contribution in [0.3, 0.4) is 0 Å². The van der Waals surface area contributed by atoms with E-state index in [1.165, 1.54) is 0 Å². The van der Waals surface area contributed by atoms with Gasteiger partial charge >= 0.3 is 13.2 Å². The Kier molecular flexibility index (Phi) is 8.25. The van der Waals surface area contributed by atoms with Crippen molar-refractivity contribution >= 4 is 30.5 Å². The summed E-state index contributed by atoms with van der Waals surface area (Å²) in [5.74, 6) is 0.780. The van der Waals surface area contributed by atoms with Crippen LogP contribution in [0, 0.1) is 5.92 Å². The molecule has 0 aliphatic carbocycles. The molecule has 2 amide bonds. The molecule has 0 radical (unpaired) electrons. The summed E-state index contributed by atoms with van der Waals surface area (Å²) in [6.45, 7) is 17.1. The molecule has 0 spiro atoms. The monoisotopic (exact) mass is 503 g/mol. The second-order valence-corrected chi connectivity index (χ2v) is 11.9. The Labute approximate surface area is 215 Å². The summed E-state index contributed by atoms with van der Waals surface area (Å²) in [6.07, 6.45) is 4.83. The zero-order valence-corrected chi connectivity index (χ0v) is 23.3. The van der Waals surface area contributed by atoms with Gasteiger partial charge in [-0.3, -0.25) is 4.79 Å². The van der Waals surface area contributed by atoms with Gasteiger partial charge in [0.2, 0.25) is 11.9 Å². The predicted molar refractivity (Wildman–Crippen MR) is 139 cm³/mol. The van der Waals surface area contributed by atoms with Gasteiger partial charge in [-0.2, -0.15) is 0 Å². The minimum absolute atomic E-state index is 0.101. The minimum atomic E-state index is -0.651. The van der Waals surface area contributed by atoms with Gasteiger partial charge in [0.05, 0.1) is 11.2 Å². The van der Waals surface area contributed by atoms with Crippen molar-refractivity contribution in [3.05, 3.63) is 12.4 Å². The Bertz CT molecular complexity index is 918. The molecule has 2 aliphatic rings. The number of carbonyl (C=O) groups is 2. The Balaban J connectivity index is 1.53. The molecule has 2 saturated heterocycles. The van der Waals surface area contributed by atoms with Crippen LogP contribution in [0.4, 0.5) is 10.7 Å². The van der Waals surface area contributed by atoms with Crippen molar-refractivity contribution in [1.82, 2.24) is 20.2 Å². The maximum atomic E-state index is 12.9. The van der Waals surface area contributed by atoms with E-state index < -0.39 is 36.1 Å². The predicted octanol–water partition coefficient (Wildman–Crippen LogP) is 2.36. The van der Waals surface area contributed by atoms with Crippen LogP contribution >= 0.6 is 0 Å². The number of anilines is 1. The van der Waals surface area contributed by atoms with E-state index in [1.54, 1.807) is 40.1 Å². The lowest BCUT2D eigenvalue weighted by molar-refractivity contribution is -0.134. The van der Waals surface area contributed by atoms with Crippen molar-refractivity contribution in [1.29, 1.82) is 0 Å². The van der Waals surface area contributed by atoms with E-state index >= 15 is 0 Å². The van der Waals surface area contributed by atoms with Crippen molar-refractivity contribution < 1.29 is 23.6 Å². The summed E-state index contributed by atoms with van der Waals surface area (Å²) >= 11 is 0. The van der Waals surface area contributed by atoms with Crippen molar-refractivity contribution in [3.63, 3.8) is 0 Å². The molecule has 2 atom stereocenters. The lowest BCUT2D eigenvalue weighted by Crippen LogP contribution is -2.51. The van der Waals surface area contributed by atoms with Crippen LogP contribution in [0.2, 0.25) is 0 Å². The van der Waals surface area contributed by atoms with Crippen molar-refractivity contribution in [2.45, 2.75) is 91.1 Å². The Morgan fingerprint density at radius 3 is 2.36 bits per heavy atom.